The van der Waals surface area contributed by atoms with Crippen LogP contribution >= 0.6 is 11.3 Å². The zero-order valence-corrected chi connectivity index (χ0v) is 12.2. The molecule has 0 aromatic carbocycles. The maximum atomic E-state index is 12.1. The first-order chi connectivity index (χ1) is 9.44. The number of rotatable bonds is 5. The summed E-state index contributed by atoms with van der Waals surface area (Å²) < 4.78 is 32.3. The van der Waals surface area contributed by atoms with Crippen LogP contribution in [0.15, 0.2) is 16.0 Å². The average Bonchev–Trinajstić information content (AvgIpc) is 3.04. The van der Waals surface area contributed by atoms with Gasteiger partial charge in [-0.15, -0.1) is 11.3 Å². The van der Waals surface area contributed by atoms with Crippen LogP contribution in [0.25, 0.3) is 0 Å². The van der Waals surface area contributed by atoms with Crippen molar-refractivity contribution in [1.82, 2.24) is 24.5 Å². The van der Waals surface area contributed by atoms with Crippen molar-refractivity contribution in [2.75, 3.05) is 7.11 Å². The maximum Gasteiger partial charge on any atom is 0.358 e. The third-order valence-electron chi connectivity index (χ3n) is 2.23. The molecule has 0 atom stereocenters. The van der Waals surface area contributed by atoms with Crippen LogP contribution in [-0.4, -0.2) is 41.2 Å². The Bertz CT molecular complexity index is 720. The second-order valence-corrected chi connectivity index (χ2v) is 6.46. The lowest BCUT2D eigenvalue weighted by atomic mass is 10.5. The summed E-state index contributed by atoms with van der Waals surface area (Å²) in [7, 11) is -1.05. The molecule has 0 aliphatic carbocycles. The van der Waals surface area contributed by atoms with Gasteiger partial charge in [0.1, 0.15) is 6.33 Å². The van der Waals surface area contributed by atoms with Crippen LogP contribution in [0.3, 0.4) is 0 Å². The number of ether oxygens (including phenoxy) is 1. The number of hydrogen-bond acceptors (Lipinski definition) is 8. The van der Waals surface area contributed by atoms with Crippen molar-refractivity contribution in [3.05, 3.63) is 23.4 Å². The summed E-state index contributed by atoms with van der Waals surface area (Å²) >= 11 is 0.832. The molecule has 11 heteroatoms. The number of sulfonamides is 1. The van der Waals surface area contributed by atoms with E-state index in [-0.39, 0.29) is 16.4 Å². The van der Waals surface area contributed by atoms with E-state index in [1.165, 1.54) is 16.5 Å². The Kier molecular flexibility index (Phi) is 4.11. The van der Waals surface area contributed by atoms with Gasteiger partial charge < -0.3 is 4.74 Å². The molecular formula is C9H11N5O4S2. The molecule has 0 unspecified atom stereocenters. The van der Waals surface area contributed by atoms with Crippen LogP contribution in [0.2, 0.25) is 0 Å². The molecule has 20 heavy (non-hydrogen) atoms. The van der Waals surface area contributed by atoms with Crippen LogP contribution in [0, 0.1) is 0 Å². The van der Waals surface area contributed by atoms with Crippen LogP contribution in [-0.2, 0) is 28.4 Å². The molecule has 0 aliphatic rings. The lowest BCUT2D eigenvalue weighted by molar-refractivity contribution is 0.0590. The molecule has 0 saturated carbocycles. The highest BCUT2D eigenvalue weighted by Crippen LogP contribution is 2.20. The maximum absolute atomic E-state index is 12.1. The topological polar surface area (TPSA) is 116 Å². The van der Waals surface area contributed by atoms with Crippen molar-refractivity contribution in [3.8, 4) is 0 Å². The molecular weight excluding hydrogens is 306 g/mol. The number of esters is 1. The zero-order valence-electron chi connectivity index (χ0n) is 10.6. The number of carbonyl (C=O) groups is 1. The predicted molar refractivity (Wildman–Crippen MR) is 68.5 cm³/mol. The normalized spacial score (nSPS) is 11.5. The number of nitrogens with one attached hydrogen (secondary N) is 1. The molecule has 108 valence electrons. The highest BCUT2D eigenvalue weighted by molar-refractivity contribution is 7.91. The number of methoxy groups -OCH3 is 1. The number of thiazole rings is 1. The van der Waals surface area contributed by atoms with Gasteiger partial charge in [0, 0.05) is 7.05 Å². The van der Waals surface area contributed by atoms with E-state index in [9.17, 15) is 13.2 Å². The zero-order chi connectivity index (χ0) is 14.8. The number of aromatic nitrogens is 4. The third kappa shape index (κ3) is 3.00. The van der Waals surface area contributed by atoms with Gasteiger partial charge in [-0.05, 0) is 0 Å². The fourth-order valence-corrected chi connectivity index (χ4v) is 3.50. The minimum atomic E-state index is -3.88. The number of carbonyl (C=O) groups excluding carboxylic acids is 1. The SMILES string of the molecule is COC(=O)c1ncsc1S(=O)(=O)NCc1ncn(C)n1. The number of hydrogen-bond donors (Lipinski definition) is 1. The van der Waals surface area contributed by atoms with E-state index in [1.807, 2.05) is 0 Å². The van der Waals surface area contributed by atoms with E-state index >= 15 is 0 Å². The van der Waals surface area contributed by atoms with E-state index in [4.69, 9.17) is 0 Å². The molecule has 9 nitrogen and oxygen atoms in total. The summed E-state index contributed by atoms with van der Waals surface area (Å²) in [5.41, 5.74) is 1.03. The first-order valence-corrected chi connectivity index (χ1v) is 7.66. The molecule has 0 spiro atoms. The largest absolute Gasteiger partial charge is 0.464 e. The Hall–Kier alpha value is -1.85. The highest BCUT2D eigenvalue weighted by Gasteiger charge is 2.26. The first-order valence-electron chi connectivity index (χ1n) is 5.30. The molecule has 0 saturated heterocycles. The lowest BCUT2D eigenvalue weighted by Gasteiger charge is -2.03. The van der Waals surface area contributed by atoms with Crippen molar-refractivity contribution in [1.29, 1.82) is 0 Å². The summed E-state index contributed by atoms with van der Waals surface area (Å²) in [4.78, 5) is 19.0. The molecule has 2 aromatic rings. The third-order valence-corrected chi connectivity index (χ3v) is 5.00. The predicted octanol–water partition coefficient (Wildman–Crippen LogP) is -0.463. The quantitative estimate of drug-likeness (QED) is 0.741. The summed E-state index contributed by atoms with van der Waals surface area (Å²) in [6.07, 6.45) is 1.45. The second kappa shape index (κ2) is 5.64. The fraction of sp³-hybridized carbons (Fsp3) is 0.333. The lowest BCUT2D eigenvalue weighted by Crippen LogP contribution is -2.25. The first kappa shape index (κ1) is 14.6. The second-order valence-electron chi connectivity index (χ2n) is 3.64. The smallest absolute Gasteiger partial charge is 0.358 e. The molecule has 0 bridgehead atoms. The summed E-state index contributed by atoms with van der Waals surface area (Å²) in [6.45, 7) is -0.0817. The van der Waals surface area contributed by atoms with Gasteiger partial charge in [-0.2, -0.15) is 5.10 Å². The van der Waals surface area contributed by atoms with E-state index in [2.05, 4.69) is 24.5 Å². The van der Waals surface area contributed by atoms with Gasteiger partial charge in [-0.1, -0.05) is 0 Å². The van der Waals surface area contributed by atoms with Crippen molar-refractivity contribution in [3.63, 3.8) is 0 Å². The molecule has 2 heterocycles. The number of aryl methyl sites for hydroxylation is 1. The Morgan fingerprint density at radius 2 is 2.25 bits per heavy atom. The number of nitrogens with zero attached hydrogens (tertiary/aromatic N) is 4. The van der Waals surface area contributed by atoms with E-state index in [0.717, 1.165) is 18.4 Å². The molecule has 1 N–H and O–H groups in total. The molecule has 2 rings (SSSR count). The van der Waals surface area contributed by atoms with Crippen molar-refractivity contribution >= 4 is 27.3 Å². The molecule has 0 amide bonds. The monoisotopic (exact) mass is 317 g/mol. The van der Waals surface area contributed by atoms with E-state index in [1.54, 1.807) is 7.05 Å². The van der Waals surface area contributed by atoms with Gasteiger partial charge >= 0.3 is 5.97 Å². The van der Waals surface area contributed by atoms with Crippen molar-refractivity contribution in [2.45, 2.75) is 10.8 Å². The summed E-state index contributed by atoms with van der Waals surface area (Å²) in [5, 5.41) is 3.94. The molecule has 2 aromatic heterocycles. The fourth-order valence-electron chi connectivity index (χ4n) is 1.35. The van der Waals surface area contributed by atoms with Crippen molar-refractivity contribution < 1.29 is 17.9 Å². The van der Waals surface area contributed by atoms with Gasteiger partial charge in [-0.25, -0.2) is 27.9 Å². The average molecular weight is 317 g/mol. The highest BCUT2D eigenvalue weighted by atomic mass is 32.2. The Balaban J connectivity index is 2.18. The van der Waals surface area contributed by atoms with Gasteiger partial charge in [-0.3, -0.25) is 4.68 Å². The standard InChI is InChI=1S/C9H11N5O4S2/c1-14-4-10-6(13-14)3-12-20(16,17)9-7(8(15)18-2)11-5-19-9/h4-5,12H,3H2,1-2H3. The Morgan fingerprint density at radius 3 is 2.85 bits per heavy atom. The van der Waals surface area contributed by atoms with Crippen molar-refractivity contribution in [2.24, 2.45) is 7.05 Å². The molecule has 0 radical (unpaired) electrons. The summed E-state index contributed by atoms with van der Waals surface area (Å²) in [5.74, 6) is -0.484. The van der Waals surface area contributed by atoms with E-state index < -0.39 is 16.0 Å². The van der Waals surface area contributed by atoms with Crippen LogP contribution in [0.5, 0.6) is 0 Å². The van der Waals surface area contributed by atoms with Crippen LogP contribution in [0.4, 0.5) is 0 Å². The van der Waals surface area contributed by atoms with Crippen LogP contribution in [0.1, 0.15) is 16.3 Å². The molecule has 0 fully saturated rings. The van der Waals surface area contributed by atoms with Gasteiger partial charge in [0.15, 0.2) is 15.7 Å². The molecule has 0 aliphatic heterocycles. The van der Waals surface area contributed by atoms with Gasteiger partial charge in [0.2, 0.25) is 0 Å². The van der Waals surface area contributed by atoms with Gasteiger partial charge in [0.05, 0.1) is 19.2 Å². The Labute approximate surface area is 118 Å². The van der Waals surface area contributed by atoms with Crippen LogP contribution < -0.4 is 4.72 Å². The minimum Gasteiger partial charge on any atom is -0.464 e. The van der Waals surface area contributed by atoms with E-state index in [0.29, 0.717) is 5.82 Å². The minimum absolute atomic E-state index is 0.0817. The Morgan fingerprint density at radius 1 is 1.50 bits per heavy atom. The summed E-state index contributed by atoms with van der Waals surface area (Å²) in [6, 6.07) is 0. The van der Waals surface area contributed by atoms with Gasteiger partial charge in [0.25, 0.3) is 10.0 Å².